The summed E-state index contributed by atoms with van der Waals surface area (Å²) in [6.07, 6.45) is 0. The van der Waals surface area contributed by atoms with E-state index >= 15 is 0 Å². The Hall–Kier alpha value is -3.01. The first-order chi connectivity index (χ1) is 15.4. The number of esters is 1. The Kier molecular flexibility index (Phi) is 6.40. The second kappa shape index (κ2) is 9.23. The molecule has 32 heavy (non-hydrogen) atoms. The second-order valence-electron chi connectivity index (χ2n) is 6.58. The summed E-state index contributed by atoms with van der Waals surface area (Å²) in [5, 5.41) is 9.96. The molecular weight excluding hydrogens is 518 g/mol. The summed E-state index contributed by atoms with van der Waals surface area (Å²) in [7, 11) is 0. The number of amides is 1. The van der Waals surface area contributed by atoms with Gasteiger partial charge in [0.25, 0.3) is 11.5 Å². The van der Waals surface area contributed by atoms with E-state index in [1.165, 1.54) is 0 Å². The van der Waals surface area contributed by atoms with E-state index in [9.17, 15) is 14.4 Å². The smallest absolute Gasteiger partial charge is 0.359 e. The van der Waals surface area contributed by atoms with Crippen molar-refractivity contribution in [3.63, 3.8) is 0 Å². The van der Waals surface area contributed by atoms with Gasteiger partial charge < -0.3 is 10.1 Å². The van der Waals surface area contributed by atoms with Crippen molar-refractivity contribution in [2.75, 3.05) is 11.9 Å². The molecule has 0 atom stereocenters. The number of aromatic nitrogens is 2. The number of nitrogens with zero attached hydrogens (tertiary/aromatic N) is 2. The van der Waals surface area contributed by atoms with Crippen molar-refractivity contribution in [3.05, 3.63) is 85.0 Å². The summed E-state index contributed by atoms with van der Waals surface area (Å²) in [6, 6.07) is 13.3. The van der Waals surface area contributed by atoms with Gasteiger partial charge in [-0.25, -0.2) is 4.79 Å². The van der Waals surface area contributed by atoms with Crippen molar-refractivity contribution in [3.8, 4) is 5.69 Å². The lowest BCUT2D eigenvalue weighted by Crippen LogP contribution is -2.25. The third-order valence-corrected chi connectivity index (χ3v) is 6.20. The maximum Gasteiger partial charge on any atom is 0.359 e. The van der Waals surface area contributed by atoms with Crippen molar-refractivity contribution in [2.24, 2.45) is 0 Å². The van der Waals surface area contributed by atoms with Crippen molar-refractivity contribution in [1.82, 2.24) is 9.78 Å². The van der Waals surface area contributed by atoms with Crippen LogP contribution in [-0.4, -0.2) is 28.3 Å². The normalized spacial score (nSPS) is 10.8. The monoisotopic (exact) mass is 531 g/mol. The van der Waals surface area contributed by atoms with E-state index in [-0.39, 0.29) is 17.7 Å². The number of fused-ring (bicyclic) bond motifs is 1. The third kappa shape index (κ3) is 4.32. The molecule has 0 unspecified atom stereocenters. The number of rotatable bonds is 5. The van der Waals surface area contributed by atoms with Gasteiger partial charge in [-0.15, -0.1) is 11.3 Å². The summed E-state index contributed by atoms with van der Waals surface area (Å²) >= 11 is 10.4. The minimum Gasteiger partial charge on any atom is -0.461 e. The van der Waals surface area contributed by atoms with Crippen LogP contribution in [0.3, 0.4) is 0 Å². The molecule has 2 aromatic heterocycles. The molecule has 1 N–H and O–H groups in total. The van der Waals surface area contributed by atoms with Crippen LogP contribution in [0.5, 0.6) is 0 Å². The Morgan fingerprint density at radius 2 is 1.84 bits per heavy atom. The van der Waals surface area contributed by atoms with Crippen LogP contribution in [0, 0.1) is 0 Å². The van der Waals surface area contributed by atoms with Gasteiger partial charge in [-0.1, -0.05) is 27.5 Å². The summed E-state index contributed by atoms with van der Waals surface area (Å²) in [6.45, 7) is 1.84. The van der Waals surface area contributed by atoms with Crippen LogP contribution in [0.1, 0.15) is 27.8 Å². The van der Waals surface area contributed by atoms with E-state index in [4.69, 9.17) is 16.3 Å². The lowest BCUT2D eigenvalue weighted by Gasteiger charge is -2.10. The van der Waals surface area contributed by atoms with Gasteiger partial charge in [-0.3, -0.25) is 9.59 Å². The van der Waals surface area contributed by atoms with Crippen LogP contribution >= 0.6 is 38.9 Å². The highest BCUT2D eigenvalue weighted by Gasteiger charge is 2.23. The summed E-state index contributed by atoms with van der Waals surface area (Å²) in [4.78, 5) is 38.7. The molecular formula is C22H15BrClN3O4S. The van der Waals surface area contributed by atoms with E-state index in [2.05, 4.69) is 26.3 Å². The predicted molar refractivity (Wildman–Crippen MR) is 128 cm³/mol. The first kappa shape index (κ1) is 22.2. The number of nitrogens with one attached hydrogen (secondary N) is 1. The molecule has 4 rings (SSSR count). The van der Waals surface area contributed by atoms with Gasteiger partial charge >= 0.3 is 5.97 Å². The first-order valence-electron chi connectivity index (χ1n) is 9.43. The van der Waals surface area contributed by atoms with Crippen LogP contribution in [0.2, 0.25) is 5.02 Å². The standard InChI is InChI=1S/C22H15BrClN3O4S/c1-2-31-22(30)18-16-11-32-20(25-19(28)12-3-7-14(24)8-4-12)17(16)21(29)27(26-18)15-9-5-13(23)6-10-15/h3-11H,2H2,1H3,(H,25,28). The van der Waals surface area contributed by atoms with E-state index in [0.29, 0.717) is 26.7 Å². The van der Waals surface area contributed by atoms with Crippen LogP contribution in [-0.2, 0) is 4.74 Å². The Morgan fingerprint density at radius 1 is 1.16 bits per heavy atom. The van der Waals surface area contributed by atoms with Gasteiger partial charge in [0.15, 0.2) is 5.69 Å². The zero-order valence-corrected chi connectivity index (χ0v) is 19.8. The number of hydrogen-bond donors (Lipinski definition) is 1. The van der Waals surface area contributed by atoms with Gasteiger partial charge in [-0.2, -0.15) is 9.78 Å². The number of thiophene rings is 1. The van der Waals surface area contributed by atoms with Gasteiger partial charge in [0.05, 0.1) is 17.7 Å². The van der Waals surface area contributed by atoms with Crippen LogP contribution < -0.4 is 10.9 Å². The first-order valence-corrected chi connectivity index (χ1v) is 11.5. The molecule has 2 heterocycles. The fourth-order valence-corrected chi connectivity index (χ4v) is 4.35. The molecule has 2 aromatic carbocycles. The quantitative estimate of drug-likeness (QED) is 0.353. The summed E-state index contributed by atoms with van der Waals surface area (Å²) < 4.78 is 7.09. The Balaban J connectivity index is 1.87. The highest BCUT2D eigenvalue weighted by atomic mass is 79.9. The number of carbonyl (C=O) groups is 2. The largest absolute Gasteiger partial charge is 0.461 e. The maximum atomic E-state index is 13.4. The van der Waals surface area contributed by atoms with Crippen molar-refractivity contribution in [2.45, 2.75) is 6.92 Å². The van der Waals surface area contributed by atoms with Crippen molar-refractivity contribution >= 4 is 66.5 Å². The van der Waals surface area contributed by atoms with E-state index in [1.807, 2.05) is 0 Å². The van der Waals surface area contributed by atoms with Gasteiger partial charge in [0, 0.05) is 25.8 Å². The van der Waals surface area contributed by atoms with Gasteiger partial charge in [0.2, 0.25) is 0 Å². The Bertz CT molecular complexity index is 1380. The lowest BCUT2D eigenvalue weighted by atomic mass is 10.2. The molecule has 7 nitrogen and oxygen atoms in total. The molecule has 0 aliphatic carbocycles. The number of benzene rings is 2. The average Bonchev–Trinajstić information content (AvgIpc) is 3.19. The minimum atomic E-state index is -0.656. The minimum absolute atomic E-state index is 0.00684. The third-order valence-electron chi connectivity index (χ3n) is 4.53. The summed E-state index contributed by atoms with van der Waals surface area (Å²) in [5.41, 5.74) is 0.367. The van der Waals surface area contributed by atoms with E-state index in [1.54, 1.807) is 60.8 Å². The summed E-state index contributed by atoms with van der Waals surface area (Å²) in [5.74, 6) is -1.06. The number of ether oxygens (including phenoxy) is 1. The predicted octanol–water partition coefficient (Wildman–Crippen LogP) is 5.29. The topological polar surface area (TPSA) is 90.3 Å². The molecule has 0 aliphatic heterocycles. The molecule has 0 aliphatic rings. The molecule has 0 radical (unpaired) electrons. The van der Waals surface area contributed by atoms with E-state index in [0.717, 1.165) is 20.5 Å². The SMILES string of the molecule is CCOC(=O)c1nn(-c2ccc(Br)cc2)c(=O)c2c(NC(=O)c3ccc(Cl)cc3)scc12. The number of carbonyl (C=O) groups excluding carboxylic acids is 2. The molecule has 162 valence electrons. The average molecular weight is 533 g/mol. The van der Waals surface area contributed by atoms with E-state index < -0.39 is 17.4 Å². The molecule has 1 amide bonds. The molecule has 4 aromatic rings. The number of hydrogen-bond acceptors (Lipinski definition) is 6. The fraction of sp³-hybridized carbons (Fsp3) is 0.0909. The highest BCUT2D eigenvalue weighted by molar-refractivity contribution is 9.10. The Labute approximate surface area is 199 Å². The maximum absolute atomic E-state index is 13.4. The Morgan fingerprint density at radius 3 is 2.50 bits per heavy atom. The van der Waals surface area contributed by atoms with Crippen LogP contribution in [0.4, 0.5) is 5.00 Å². The van der Waals surface area contributed by atoms with Crippen LogP contribution in [0.15, 0.2) is 63.2 Å². The van der Waals surface area contributed by atoms with Crippen molar-refractivity contribution < 1.29 is 14.3 Å². The second-order valence-corrected chi connectivity index (χ2v) is 8.81. The lowest BCUT2D eigenvalue weighted by molar-refractivity contribution is 0.0520. The van der Waals surface area contributed by atoms with Crippen molar-refractivity contribution in [1.29, 1.82) is 0 Å². The molecule has 0 spiro atoms. The van der Waals surface area contributed by atoms with Crippen LogP contribution in [0.25, 0.3) is 16.5 Å². The zero-order valence-electron chi connectivity index (χ0n) is 16.6. The molecule has 10 heteroatoms. The number of halogens is 2. The molecule has 0 bridgehead atoms. The molecule has 0 fully saturated rings. The van der Waals surface area contributed by atoms with Gasteiger partial charge in [0.1, 0.15) is 5.00 Å². The zero-order chi connectivity index (χ0) is 22.8. The highest BCUT2D eigenvalue weighted by Crippen LogP contribution is 2.31. The molecule has 0 saturated heterocycles. The van der Waals surface area contributed by atoms with Gasteiger partial charge in [-0.05, 0) is 55.5 Å². The fourth-order valence-electron chi connectivity index (χ4n) is 3.03. The molecule has 0 saturated carbocycles. The number of anilines is 1.